The molecule has 0 radical (unpaired) electrons. The van der Waals surface area contributed by atoms with E-state index in [0.717, 1.165) is 60.5 Å². The first-order chi connectivity index (χ1) is 35.2. The molecule has 0 amide bonds. The van der Waals surface area contributed by atoms with Crippen LogP contribution in [-0.4, -0.2) is 69.7 Å². The van der Waals surface area contributed by atoms with E-state index in [1.54, 1.807) is 0 Å². The topological polar surface area (TPSA) is 127 Å². The minimum Gasteiger partial charge on any atom is -0.412 e. The van der Waals surface area contributed by atoms with Gasteiger partial charge in [-0.3, -0.25) is 0 Å². The zero-order chi connectivity index (χ0) is 55.3. The number of fused-ring (bicyclic) bond motifs is 20. The van der Waals surface area contributed by atoms with Gasteiger partial charge in [-0.05, 0) is 106 Å². The van der Waals surface area contributed by atoms with Gasteiger partial charge in [0.1, 0.15) is 22.6 Å². The van der Waals surface area contributed by atoms with E-state index >= 15 is 0 Å². The van der Waals surface area contributed by atoms with Crippen LogP contribution in [0, 0.1) is 24.2 Å². The quantitative estimate of drug-likeness (QED) is 0.125. The van der Waals surface area contributed by atoms with Crippen LogP contribution in [0.25, 0.3) is 89.7 Å². The monoisotopic (exact) mass is 1040 g/mol. The summed E-state index contributed by atoms with van der Waals surface area (Å²) in [5.74, 6) is 12.0. The second-order valence-electron chi connectivity index (χ2n) is 26.9. The van der Waals surface area contributed by atoms with Crippen LogP contribution < -0.4 is 0 Å². The minimum atomic E-state index is -2.19. The summed E-state index contributed by atoms with van der Waals surface area (Å²) in [6.45, 7) is 43.0. The Bertz CT molecular complexity index is 3820. The van der Waals surface area contributed by atoms with E-state index in [1.165, 1.54) is 11.1 Å². The molecule has 5 heterocycles. The maximum absolute atomic E-state index is 6.81. The molecule has 9 rings (SSSR count). The van der Waals surface area contributed by atoms with Crippen molar-refractivity contribution < 1.29 is 8.85 Å². The third kappa shape index (κ3) is 10.5. The lowest BCUT2D eigenvalue weighted by atomic mass is 9.85. The summed E-state index contributed by atoms with van der Waals surface area (Å²) in [6.07, 6.45) is 6.32. The number of aromatic amines is 2. The molecule has 8 bridgehead atoms. The Balaban J connectivity index is 1.32. The van der Waals surface area contributed by atoms with E-state index < -0.39 is 16.6 Å². The normalized spacial score (nSPS) is 13.8. The first-order valence-corrected chi connectivity index (χ1v) is 32.4. The van der Waals surface area contributed by atoms with E-state index in [1.807, 2.05) is 18.2 Å². The molecule has 7 aromatic rings. The van der Waals surface area contributed by atoms with Crippen molar-refractivity contribution in [2.75, 3.05) is 13.2 Å². The van der Waals surface area contributed by atoms with Gasteiger partial charge in [-0.2, -0.15) is 0 Å². The van der Waals surface area contributed by atoms with Crippen LogP contribution in [-0.2, 0) is 25.1 Å². The van der Waals surface area contributed by atoms with Gasteiger partial charge in [0.15, 0.2) is 39.9 Å². The van der Waals surface area contributed by atoms with Crippen LogP contribution in [0.3, 0.4) is 0 Å². The Morgan fingerprint density at radius 2 is 0.829 bits per heavy atom. The van der Waals surface area contributed by atoms with Crippen molar-refractivity contribution in [2.24, 2.45) is 0 Å². The molecule has 0 atom stereocenters. The second-order valence-corrected chi connectivity index (χ2v) is 36.5. The Hall–Kier alpha value is -6.55. The number of H-pyrrole nitrogens is 2. The largest absolute Gasteiger partial charge is 0.412 e. The number of terminal acetylenes is 1. The fourth-order valence-corrected chi connectivity index (χ4v) is 10.6. The molecule has 0 saturated heterocycles. The minimum absolute atomic E-state index is 0.00640. The standard InChI is InChI=1S/C64H76N8O2Si2/c1-21-39(36-73-75(17,18)63(11,12)13)40(37-74-76(19,20)64(14,15)16)24-22-38-23-28-44-48(32-38)56-67-52(44)65-53-46-30-26-42(61(5,6)7)34-50(46)58(69-53)72-59-51-35-43(62(8,9)10)27-31-47(51)55(70-59)66-54-45-29-25-41(60(2,3)4)33-49(45)57(68-54)71-56/h1,23,25-35H,36-37H2,2-20H3,(H2,65,66,67,68,69,70,71,72)/b40-39+. The highest BCUT2D eigenvalue weighted by molar-refractivity contribution is 6.74. The van der Waals surface area contributed by atoms with Crippen LogP contribution in [0.1, 0.15) is 126 Å². The van der Waals surface area contributed by atoms with Gasteiger partial charge in [-0.25, -0.2) is 29.9 Å². The van der Waals surface area contributed by atoms with E-state index in [4.69, 9.17) is 45.2 Å². The van der Waals surface area contributed by atoms with E-state index in [2.05, 4.69) is 212 Å². The molecule has 10 nitrogen and oxygen atoms in total. The molecule has 0 saturated carbocycles. The molecule has 76 heavy (non-hydrogen) atoms. The Kier molecular flexibility index (Phi) is 13.5. The van der Waals surface area contributed by atoms with Crippen molar-refractivity contribution in [1.29, 1.82) is 0 Å². The van der Waals surface area contributed by atoms with Crippen LogP contribution >= 0.6 is 0 Å². The van der Waals surface area contributed by atoms with E-state index in [9.17, 15) is 0 Å². The van der Waals surface area contributed by atoms with Gasteiger partial charge < -0.3 is 18.8 Å². The average Bonchev–Trinajstić information content (AvgIpc) is 4.08. The van der Waals surface area contributed by atoms with Gasteiger partial charge in [0.2, 0.25) is 0 Å². The Labute approximate surface area is 452 Å². The van der Waals surface area contributed by atoms with Gasteiger partial charge in [0.25, 0.3) is 0 Å². The maximum Gasteiger partial charge on any atom is 0.192 e. The third-order valence-corrected chi connectivity index (χ3v) is 25.0. The third-order valence-electron chi connectivity index (χ3n) is 16.1. The molecule has 0 aliphatic carbocycles. The van der Waals surface area contributed by atoms with Gasteiger partial charge >= 0.3 is 0 Å². The summed E-state index contributed by atoms with van der Waals surface area (Å²) < 4.78 is 13.5. The second kappa shape index (κ2) is 18.9. The number of benzene rings is 4. The highest BCUT2D eigenvalue weighted by Gasteiger charge is 2.39. The highest BCUT2D eigenvalue weighted by Crippen LogP contribution is 2.42. The molecule has 0 spiro atoms. The smallest absolute Gasteiger partial charge is 0.192 e. The molecule has 2 aliphatic rings. The van der Waals surface area contributed by atoms with Gasteiger partial charge in [-0.1, -0.05) is 158 Å². The number of hydrogen-bond donors (Lipinski definition) is 2. The summed E-state index contributed by atoms with van der Waals surface area (Å²) in [4.78, 5) is 39.4. The number of hydrogen-bond acceptors (Lipinski definition) is 8. The Morgan fingerprint density at radius 3 is 1.26 bits per heavy atom. The molecule has 12 heteroatoms. The fourth-order valence-electron chi connectivity index (χ4n) is 8.77. The first-order valence-electron chi connectivity index (χ1n) is 26.6. The number of nitrogens with one attached hydrogen (secondary N) is 2. The SMILES string of the molecule is C#C/C(CO[Si](C)(C)C(C)(C)C)=C(/C#Cc1ccc2c(c1)-c1nc3nc(nc4[nH]c(nc5[nH]c(nc-2n1)c1ccc(C(C)(C)C)cc51)c1cc(C(C)(C)C)ccc41)-c1ccc(C(C)(C)C)cc1-3)CO[Si](C)(C)C(C)(C)C. The highest BCUT2D eigenvalue weighted by atomic mass is 28.4. The van der Waals surface area contributed by atoms with Crippen molar-refractivity contribution in [3.63, 3.8) is 0 Å². The zero-order valence-corrected chi connectivity index (χ0v) is 50.4. The van der Waals surface area contributed by atoms with Crippen LogP contribution in [0.15, 0.2) is 83.9 Å². The molecule has 0 fully saturated rings. The lowest BCUT2D eigenvalue weighted by Crippen LogP contribution is -2.42. The number of nitrogens with zero attached hydrogens (tertiary/aromatic N) is 6. The Morgan fingerprint density at radius 1 is 0.447 bits per heavy atom. The fraction of sp³-hybridized carbons (Fsp3) is 0.406. The number of aromatic nitrogens is 8. The predicted octanol–water partition coefficient (Wildman–Crippen LogP) is 16.1. The zero-order valence-electron chi connectivity index (χ0n) is 48.4. The first kappa shape index (κ1) is 54.3. The summed E-state index contributed by atoms with van der Waals surface area (Å²) in [5, 5.41) is 3.79. The van der Waals surface area contributed by atoms with Crippen molar-refractivity contribution in [3.05, 3.63) is 106 Å². The molecule has 0 unspecified atom stereocenters. The van der Waals surface area contributed by atoms with Gasteiger partial charge in [0.05, 0.1) is 13.2 Å². The van der Waals surface area contributed by atoms with Crippen LogP contribution in [0.5, 0.6) is 0 Å². The van der Waals surface area contributed by atoms with E-state index in [-0.39, 0.29) is 26.3 Å². The summed E-state index contributed by atoms with van der Waals surface area (Å²) in [5.41, 5.74) is 11.4. The molecule has 4 aromatic carbocycles. The molecule has 2 N–H and O–H groups in total. The van der Waals surface area contributed by atoms with Gasteiger partial charge in [-0.15, -0.1) is 6.42 Å². The van der Waals surface area contributed by atoms with Gasteiger partial charge in [0, 0.05) is 60.5 Å². The molecule has 392 valence electrons. The van der Waals surface area contributed by atoms with E-state index in [0.29, 0.717) is 64.7 Å². The molecular weight excluding hydrogens is 969 g/mol. The molecule has 3 aromatic heterocycles. The van der Waals surface area contributed by atoms with Crippen LogP contribution in [0.4, 0.5) is 0 Å². The lowest BCUT2D eigenvalue weighted by Gasteiger charge is -2.37. The van der Waals surface area contributed by atoms with Crippen molar-refractivity contribution >= 4 is 60.8 Å². The lowest BCUT2D eigenvalue weighted by molar-refractivity contribution is 0.308. The van der Waals surface area contributed by atoms with Crippen molar-refractivity contribution in [2.45, 2.75) is 156 Å². The summed E-state index contributed by atoms with van der Waals surface area (Å²) in [7, 11) is -4.33. The van der Waals surface area contributed by atoms with Crippen LogP contribution in [0.2, 0.25) is 36.3 Å². The average molecular weight is 1050 g/mol. The molecule has 2 aliphatic heterocycles. The molecular formula is C64H76N8O2Si2. The van der Waals surface area contributed by atoms with Crippen molar-refractivity contribution in [3.8, 4) is 69.7 Å². The maximum atomic E-state index is 6.81. The summed E-state index contributed by atoms with van der Waals surface area (Å²) >= 11 is 0. The number of rotatable bonds is 6. The summed E-state index contributed by atoms with van der Waals surface area (Å²) in [6, 6.07) is 25.7. The van der Waals surface area contributed by atoms with Crippen molar-refractivity contribution in [1.82, 2.24) is 39.9 Å². The predicted molar refractivity (Wildman–Crippen MR) is 321 cm³/mol.